The number of hydrogen-bond acceptors (Lipinski definition) is 5. The van der Waals surface area contributed by atoms with E-state index in [2.05, 4.69) is 31.9 Å². The zero-order valence-corrected chi connectivity index (χ0v) is 18.8. The van der Waals surface area contributed by atoms with Crippen LogP contribution in [0.1, 0.15) is 18.4 Å². The third-order valence-electron chi connectivity index (χ3n) is 5.67. The molecular weight excluding hydrogens is 488 g/mol. The fourth-order valence-electron chi connectivity index (χ4n) is 4.41. The summed E-state index contributed by atoms with van der Waals surface area (Å²) in [6, 6.07) is 9.80. The van der Waals surface area contributed by atoms with Gasteiger partial charge in [-0.25, -0.2) is 0 Å². The molecule has 2 aromatic carbocycles. The van der Waals surface area contributed by atoms with Gasteiger partial charge in [0.05, 0.1) is 18.7 Å². The van der Waals surface area contributed by atoms with Crippen LogP contribution < -0.4 is 26.4 Å². The molecule has 2 heterocycles. The maximum atomic E-state index is 13.5. The molecule has 5 N–H and O–H groups in total. The minimum Gasteiger partial charge on any atom is -0.495 e. The molecule has 2 aliphatic heterocycles. The van der Waals surface area contributed by atoms with E-state index >= 15 is 0 Å². The zero-order chi connectivity index (χ0) is 22.3. The van der Waals surface area contributed by atoms with Crippen LogP contribution >= 0.6 is 27.5 Å². The molecule has 0 aromatic heterocycles. The molecule has 8 nitrogen and oxygen atoms in total. The predicted molar refractivity (Wildman–Crippen MR) is 120 cm³/mol. The van der Waals surface area contributed by atoms with E-state index in [1.807, 2.05) is 0 Å². The fraction of sp³-hybridized carbons (Fsp3) is 0.286. The summed E-state index contributed by atoms with van der Waals surface area (Å²) in [6.07, 6.45) is 0.250. The van der Waals surface area contributed by atoms with Crippen LogP contribution in [0.25, 0.3) is 0 Å². The van der Waals surface area contributed by atoms with Gasteiger partial charge < -0.3 is 21.1 Å². The summed E-state index contributed by atoms with van der Waals surface area (Å²) in [5, 5.41) is 9.35. The summed E-state index contributed by atoms with van der Waals surface area (Å²) in [5.74, 6) is -1.64. The number of benzene rings is 2. The number of anilines is 2. The lowest BCUT2D eigenvalue weighted by atomic mass is 9.79. The van der Waals surface area contributed by atoms with Crippen LogP contribution in [0.2, 0.25) is 5.02 Å². The lowest BCUT2D eigenvalue weighted by molar-refractivity contribution is -0.130. The molecule has 31 heavy (non-hydrogen) atoms. The van der Waals surface area contributed by atoms with E-state index in [0.717, 1.165) is 4.47 Å². The minimum atomic E-state index is -1.34. The molecule has 1 saturated heterocycles. The average molecular weight is 508 g/mol. The molecule has 4 rings (SSSR count). The third kappa shape index (κ3) is 3.77. The van der Waals surface area contributed by atoms with E-state index in [1.54, 1.807) is 36.4 Å². The minimum absolute atomic E-state index is 0.00261. The highest BCUT2D eigenvalue weighted by atomic mass is 79.9. The lowest BCUT2D eigenvalue weighted by Gasteiger charge is -2.29. The molecule has 0 aliphatic carbocycles. The standard InChI is InChI=1S/C21H20BrClN4O4/c1-31-17-5-3-11(23)7-16(17)25-19(29)14-8-12(9-18(24)28)27-21(14)13-6-10(22)2-4-15(13)26-20(21)30/h2-7,12,14,27H,8-9H2,1H3,(H2,24,28)(H,25,29)(H,26,30). The Morgan fingerprint density at radius 3 is 2.81 bits per heavy atom. The van der Waals surface area contributed by atoms with Gasteiger partial charge in [0, 0.05) is 33.2 Å². The molecule has 0 bridgehead atoms. The van der Waals surface area contributed by atoms with Gasteiger partial charge in [-0.15, -0.1) is 0 Å². The van der Waals surface area contributed by atoms with Crippen LogP contribution in [0, 0.1) is 5.92 Å². The molecule has 2 aromatic rings. The molecule has 1 fully saturated rings. The van der Waals surface area contributed by atoms with Crippen LogP contribution in [0.15, 0.2) is 40.9 Å². The van der Waals surface area contributed by atoms with Gasteiger partial charge in [-0.3, -0.25) is 19.7 Å². The van der Waals surface area contributed by atoms with Gasteiger partial charge in [0.15, 0.2) is 0 Å². The van der Waals surface area contributed by atoms with Crippen molar-refractivity contribution in [2.45, 2.75) is 24.4 Å². The number of methoxy groups -OCH3 is 1. The van der Waals surface area contributed by atoms with E-state index in [0.29, 0.717) is 27.7 Å². The molecule has 2 aliphatic rings. The summed E-state index contributed by atoms with van der Waals surface area (Å²) in [6.45, 7) is 0. The summed E-state index contributed by atoms with van der Waals surface area (Å²) >= 11 is 9.52. The first kappa shape index (κ1) is 21.6. The maximum Gasteiger partial charge on any atom is 0.250 e. The average Bonchev–Trinajstić information content (AvgIpc) is 3.21. The summed E-state index contributed by atoms with van der Waals surface area (Å²) in [5.41, 5.74) is 5.69. The number of hydrogen-bond donors (Lipinski definition) is 4. The molecule has 0 radical (unpaired) electrons. The van der Waals surface area contributed by atoms with Crippen molar-refractivity contribution in [2.75, 3.05) is 17.7 Å². The Morgan fingerprint density at radius 1 is 1.32 bits per heavy atom. The Morgan fingerprint density at radius 2 is 2.10 bits per heavy atom. The van der Waals surface area contributed by atoms with E-state index < -0.39 is 29.3 Å². The summed E-state index contributed by atoms with van der Waals surface area (Å²) in [4.78, 5) is 38.3. The number of halogens is 2. The van der Waals surface area contributed by atoms with Crippen LogP contribution in [0.4, 0.5) is 11.4 Å². The monoisotopic (exact) mass is 506 g/mol. The Labute approximate surface area is 192 Å². The van der Waals surface area contributed by atoms with Crippen molar-refractivity contribution in [3.8, 4) is 5.75 Å². The summed E-state index contributed by atoms with van der Waals surface area (Å²) in [7, 11) is 1.48. The first-order chi connectivity index (χ1) is 14.7. The van der Waals surface area contributed by atoms with E-state index in [4.69, 9.17) is 22.1 Å². The van der Waals surface area contributed by atoms with Crippen LogP contribution in [-0.4, -0.2) is 30.9 Å². The van der Waals surface area contributed by atoms with Crippen LogP contribution in [0.5, 0.6) is 5.75 Å². The first-order valence-corrected chi connectivity index (χ1v) is 10.7. The number of primary amides is 1. The number of nitrogens with two attached hydrogens (primary N) is 1. The number of rotatable bonds is 5. The second-order valence-corrected chi connectivity index (χ2v) is 8.94. The Kier molecular flexibility index (Phi) is 5.67. The molecule has 162 valence electrons. The van der Waals surface area contributed by atoms with Gasteiger partial charge in [0.1, 0.15) is 11.3 Å². The molecule has 3 amide bonds. The Hall–Kier alpha value is -2.62. The van der Waals surface area contributed by atoms with E-state index in [9.17, 15) is 14.4 Å². The van der Waals surface area contributed by atoms with Crippen LogP contribution in [0.3, 0.4) is 0 Å². The van der Waals surface area contributed by atoms with Crippen molar-refractivity contribution >= 4 is 56.6 Å². The smallest absolute Gasteiger partial charge is 0.250 e. The highest BCUT2D eigenvalue weighted by molar-refractivity contribution is 9.10. The van der Waals surface area contributed by atoms with Crippen molar-refractivity contribution < 1.29 is 19.1 Å². The Balaban J connectivity index is 1.75. The van der Waals surface area contributed by atoms with Crippen molar-refractivity contribution in [3.63, 3.8) is 0 Å². The van der Waals surface area contributed by atoms with Gasteiger partial charge in [0.25, 0.3) is 0 Å². The highest BCUT2D eigenvalue weighted by Crippen LogP contribution is 2.48. The van der Waals surface area contributed by atoms with Gasteiger partial charge >= 0.3 is 0 Å². The molecule has 0 saturated carbocycles. The molecular formula is C21H20BrClN4O4. The number of carbonyl (C=O) groups excluding carboxylic acids is 3. The topological polar surface area (TPSA) is 123 Å². The number of nitrogens with one attached hydrogen (secondary N) is 3. The van der Waals surface area contributed by atoms with Gasteiger partial charge in [-0.05, 0) is 42.8 Å². The second kappa shape index (κ2) is 8.14. The Bertz CT molecular complexity index is 1100. The molecule has 1 spiro atoms. The maximum absolute atomic E-state index is 13.5. The van der Waals surface area contributed by atoms with E-state index in [-0.39, 0.29) is 18.7 Å². The quantitative estimate of drug-likeness (QED) is 0.496. The molecule has 10 heteroatoms. The SMILES string of the molecule is COc1ccc(Cl)cc1NC(=O)C1CC(CC(N)=O)NC12C(=O)Nc1ccc(Br)cc12. The van der Waals surface area contributed by atoms with E-state index in [1.165, 1.54) is 7.11 Å². The van der Waals surface area contributed by atoms with Gasteiger partial charge in [0.2, 0.25) is 17.7 Å². The zero-order valence-electron chi connectivity index (χ0n) is 16.5. The normalized spacial score (nSPS) is 24.0. The number of carbonyl (C=O) groups is 3. The largest absolute Gasteiger partial charge is 0.495 e. The van der Waals surface area contributed by atoms with Crippen LogP contribution in [-0.2, 0) is 19.9 Å². The molecule has 3 unspecified atom stereocenters. The molecule has 3 atom stereocenters. The first-order valence-electron chi connectivity index (χ1n) is 9.56. The van der Waals surface area contributed by atoms with Crippen molar-refractivity contribution in [1.82, 2.24) is 5.32 Å². The lowest BCUT2D eigenvalue weighted by Crippen LogP contribution is -2.52. The van der Waals surface area contributed by atoms with Gasteiger partial charge in [-0.2, -0.15) is 0 Å². The second-order valence-electron chi connectivity index (χ2n) is 7.59. The number of ether oxygens (including phenoxy) is 1. The van der Waals surface area contributed by atoms with Crippen molar-refractivity contribution in [2.24, 2.45) is 11.7 Å². The van der Waals surface area contributed by atoms with Gasteiger partial charge in [-0.1, -0.05) is 27.5 Å². The third-order valence-corrected chi connectivity index (χ3v) is 6.40. The van der Waals surface area contributed by atoms with Crippen molar-refractivity contribution in [3.05, 3.63) is 51.5 Å². The number of amides is 3. The van der Waals surface area contributed by atoms with Crippen molar-refractivity contribution in [1.29, 1.82) is 0 Å². The fourth-order valence-corrected chi connectivity index (χ4v) is 4.94. The predicted octanol–water partition coefficient (Wildman–Crippen LogP) is 2.75. The summed E-state index contributed by atoms with van der Waals surface area (Å²) < 4.78 is 6.07. The number of fused-ring (bicyclic) bond motifs is 2. The highest BCUT2D eigenvalue weighted by Gasteiger charge is 2.60.